The van der Waals surface area contributed by atoms with Gasteiger partial charge in [0.15, 0.2) is 6.10 Å². The molecule has 0 saturated carbocycles. The summed E-state index contributed by atoms with van der Waals surface area (Å²) in [6.07, 6.45) is -0.434. The fourth-order valence-electron chi connectivity index (χ4n) is 0.965. The van der Waals surface area contributed by atoms with Crippen LogP contribution in [-0.4, -0.2) is 18.0 Å². The van der Waals surface area contributed by atoms with E-state index in [4.69, 9.17) is 16.3 Å². The number of halogens is 1. The zero-order chi connectivity index (χ0) is 11.1. The smallest absolute Gasteiger partial charge is 0.322 e. The van der Waals surface area contributed by atoms with Crippen molar-refractivity contribution in [1.82, 2.24) is 0 Å². The highest BCUT2D eigenvalue weighted by atomic mass is 35.5. The Balaban J connectivity index is 2.55. The van der Waals surface area contributed by atoms with E-state index in [1.807, 2.05) is 30.3 Å². The summed E-state index contributed by atoms with van der Waals surface area (Å²) >= 11 is 5.29. The van der Waals surface area contributed by atoms with E-state index in [-0.39, 0.29) is 5.88 Å². The van der Waals surface area contributed by atoms with Crippen LogP contribution in [0.3, 0.4) is 0 Å². The summed E-state index contributed by atoms with van der Waals surface area (Å²) in [6.45, 7) is 1.71. The summed E-state index contributed by atoms with van der Waals surface area (Å²) in [4.78, 5) is 10.8. The minimum atomic E-state index is -0.452. The van der Waals surface area contributed by atoms with Gasteiger partial charge in [0, 0.05) is 5.56 Å². The van der Waals surface area contributed by atoms with Gasteiger partial charge in [-0.25, -0.2) is 0 Å². The van der Waals surface area contributed by atoms with E-state index in [0.717, 1.165) is 5.56 Å². The van der Waals surface area contributed by atoms with Crippen LogP contribution in [0.25, 0.3) is 0 Å². The van der Waals surface area contributed by atoms with E-state index in [1.165, 1.54) is 0 Å². The van der Waals surface area contributed by atoms with Crippen molar-refractivity contribution < 1.29 is 9.53 Å². The molecule has 15 heavy (non-hydrogen) atoms. The average molecular weight is 223 g/mol. The van der Waals surface area contributed by atoms with Gasteiger partial charge in [0.1, 0.15) is 5.88 Å². The van der Waals surface area contributed by atoms with E-state index in [2.05, 4.69) is 11.8 Å². The maximum Gasteiger partial charge on any atom is 0.322 e. The third-order valence-corrected chi connectivity index (χ3v) is 1.83. The first-order valence-electron chi connectivity index (χ1n) is 4.54. The zero-order valence-electron chi connectivity index (χ0n) is 8.37. The number of ether oxygens (including phenoxy) is 1. The van der Waals surface area contributed by atoms with Gasteiger partial charge >= 0.3 is 5.97 Å². The molecule has 78 valence electrons. The number of hydrogen-bond acceptors (Lipinski definition) is 2. The summed E-state index contributed by atoms with van der Waals surface area (Å²) in [5.74, 6) is 5.12. The summed E-state index contributed by atoms with van der Waals surface area (Å²) in [5.41, 5.74) is 0.895. The van der Waals surface area contributed by atoms with Gasteiger partial charge in [-0.3, -0.25) is 4.79 Å². The Morgan fingerprint density at radius 1 is 1.47 bits per heavy atom. The quantitative estimate of drug-likeness (QED) is 0.436. The number of carbonyl (C=O) groups is 1. The van der Waals surface area contributed by atoms with Crippen molar-refractivity contribution in [2.75, 3.05) is 5.88 Å². The standard InChI is InChI=1S/C12H11ClO2/c1-10(15-12(14)9-13)7-8-11-5-3-2-4-6-11/h2-6,10H,9H2,1H3. The molecule has 0 N–H and O–H groups in total. The Hall–Kier alpha value is -1.46. The van der Waals surface area contributed by atoms with E-state index < -0.39 is 12.1 Å². The van der Waals surface area contributed by atoms with Crippen LogP contribution in [0, 0.1) is 11.8 Å². The maximum atomic E-state index is 10.8. The first-order valence-corrected chi connectivity index (χ1v) is 5.08. The summed E-state index contributed by atoms with van der Waals surface area (Å²) < 4.78 is 4.88. The molecule has 0 aliphatic heterocycles. The molecular formula is C12H11ClO2. The molecule has 1 rings (SSSR count). The van der Waals surface area contributed by atoms with Gasteiger partial charge in [0.2, 0.25) is 0 Å². The largest absolute Gasteiger partial charge is 0.449 e. The highest BCUT2D eigenvalue weighted by Crippen LogP contribution is 1.97. The van der Waals surface area contributed by atoms with Crippen molar-refractivity contribution in [2.24, 2.45) is 0 Å². The Morgan fingerprint density at radius 3 is 2.73 bits per heavy atom. The van der Waals surface area contributed by atoms with Gasteiger partial charge in [-0.05, 0) is 19.1 Å². The molecule has 2 nitrogen and oxygen atoms in total. The van der Waals surface area contributed by atoms with Crippen molar-refractivity contribution in [3.8, 4) is 11.8 Å². The minimum Gasteiger partial charge on any atom is -0.449 e. The third kappa shape index (κ3) is 4.53. The van der Waals surface area contributed by atoms with Crippen molar-refractivity contribution >= 4 is 17.6 Å². The van der Waals surface area contributed by atoms with E-state index in [1.54, 1.807) is 6.92 Å². The van der Waals surface area contributed by atoms with Crippen LogP contribution in [0.15, 0.2) is 30.3 Å². The second-order valence-corrected chi connectivity index (χ2v) is 3.17. The number of rotatable bonds is 2. The van der Waals surface area contributed by atoms with Crippen LogP contribution in [0.1, 0.15) is 12.5 Å². The molecule has 0 fully saturated rings. The van der Waals surface area contributed by atoms with Gasteiger partial charge in [0.05, 0.1) is 0 Å². The van der Waals surface area contributed by atoms with Crippen molar-refractivity contribution in [3.05, 3.63) is 35.9 Å². The van der Waals surface area contributed by atoms with Crippen LogP contribution in [-0.2, 0) is 9.53 Å². The van der Waals surface area contributed by atoms with Gasteiger partial charge in [-0.1, -0.05) is 30.0 Å². The fraction of sp³-hybridized carbons (Fsp3) is 0.250. The van der Waals surface area contributed by atoms with Crippen molar-refractivity contribution in [2.45, 2.75) is 13.0 Å². The summed E-state index contributed by atoms with van der Waals surface area (Å²) in [7, 11) is 0. The molecule has 0 spiro atoms. The Morgan fingerprint density at radius 2 is 2.13 bits per heavy atom. The van der Waals surface area contributed by atoms with Gasteiger partial charge < -0.3 is 4.74 Å². The highest BCUT2D eigenvalue weighted by Gasteiger charge is 2.03. The lowest BCUT2D eigenvalue weighted by molar-refractivity contribution is -0.142. The summed E-state index contributed by atoms with van der Waals surface area (Å²) in [5, 5.41) is 0. The Bertz CT molecular complexity index is 376. The molecule has 0 bridgehead atoms. The number of carbonyl (C=O) groups excluding carboxylic acids is 1. The van der Waals surface area contributed by atoms with Crippen LogP contribution in [0.4, 0.5) is 0 Å². The summed E-state index contributed by atoms with van der Waals surface area (Å²) in [6, 6.07) is 9.51. The molecule has 1 atom stereocenters. The Kier molecular flexibility index (Phi) is 4.73. The lowest BCUT2D eigenvalue weighted by atomic mass is 10.2. The lowest BCUT2D eigenvalue weighted by Crippen LogP contribution is -2.13. The number of hydrogen-bond donors (Lipinski definition) is 0. The molecule has 1 aromatic carbocycles. The molecule has 0 saturated heterocycles. The van der Waals surface area contributed by atoms with E-state index >= 15 is 0 Å². The molecule has 0 aliphatic rings. The molecule has 0 aliphatic carbocycles. The van der Waals surface area contributed by atoms with Crippen molar-refractivity contribution in [3.63, 3.8) is 0 Å². The average Bonchev–Trinajstić information content (AvgIpc) is 2.27. The third-order valence-electron chi connectivity index (χ3n) is 1.61. The lowest BCUT2D eigenvalue weighted by Gasteiger charge is -2.03. The second-order valence-electron chi connectivity index (χ2n) is 2.90. The van der Waals surface area contributed by atoms with E-state index in [0.29, 0.717) is 0 Å². The molecule has 3 heteroatoms. The van der Waals surface area contributed by atoms with Gasteiger partial charge in [0.25, 0.3) is 0 Å². The SMILES string of the molecule is CC(C#Cc1ccccc1)OC(=O)CCl. The van der Waals surface area contributed by atoms with Crippen LogP contribution in [0.2, 0.25) is 0 Å². The molecule has 0 radical (unpaired) electrons. The fourth-order valence-corrected chi connectivity index (χ4v) is 1.03. The van der Waals surface area contributed by atoms with Crippen LogP contribution < -0.4 is 0 Å². The number of esters is 1. The minimum absolute atomic E-state index is 0.142. The second kappa shape index (κ2) is 6.10. The van der Waals surface area contributed by atoms with E-state index in [9.17, 15) is 4.79 Å². The maximum absolute atomic E-state index is 10.8. The molecule has 1 unspecified atom stereocenters. The molecule has 0 aromatic heterocycles. The van der Waals surface area contributed by atoms with Gasteiger partial charge in [-0.15, -0.1) is 11.6 Å². The number of benzene rings is 1. The first kappa shape index (κ1) is 11.6. The molecule has 0 amide bonds. The number of alkyl halides is 1. The molecule has 1 aromatic rings. The van der Waals surface area contributed by atoms with Crippen molar-refractivity contribution in [1.29, 1.82) is 0 Å². The topological polar surface area (TPSA) is 26.3 Å². The highest BCUT2D eigenvalue weighted by molar-refractivity contribution is 6.26. The van der Waals surface area contributed by atoms with Gasteiger partial charge in [-0.2, -0.15) is 0 Å². The molecule has 0 heterocycles. The predicted octanol–water partition coefficient (Wildman–Crippen LogP) is 2.21. The zero-order valence-corrected chi connectivity index (χ0v) is 9.12. The van der Waals surface area contributed by atoms with Crippen LogP contribution >= 0.6 is 11.6 Å². The molecular weight excluding hydrogens is 212 g/mol. The van der Waals surface area contributed by atoms with Crippen LogP contribution in [0.5, 0.6) is 0 Å². The first-order chi connectivity index (χ1) is 7.22. The Labute approximate surface area is 94.2 Å². The predicted molar refractivity (Wildman–Crippen MR) is 59.6 cm³/mol. The monoisotopic (exact) mass is 222 g/mol. The normalized spacial score (nSPS) is 11.1.